The van der Waals surface area contributed by atoms with Gasteiger partial charge in [0.25, 0.3) is 0 Å². The molecule has 0 unspecified atom stereocenters. The second-order valence-electron chi connectivity index (χ2n) is 5.69. The molecular weight excluding hydrogens is 423 g/mol. The Morgan fingerprint density at radius 3 is 2.61 bits per heavy atom. The van der Waals surface area contributed by atoms with E-state index in [4.69, 9.17) is 0 Å². The van der Waals surface area contributed by atoms with Gasteiger partial charge in [-0.2, -0.15) is 11.8 Å². The third-order valence-electron chi connectivity index (χ3n) is 3.74. The van der Waals surface area contributed by atoms with Gasteiger partial charge in [0.2, 0.25) is 5.91 Å². The zero-order valence-electron chi connectivity index (χ0n) is 14.5. The molecule has 1 rings (SSSR count). The summed E-state index contributed by atoms with van der Waals surface area (Å²) in [5, 5.41) is 9.57. The predicted molar refractivity (Wildman–Crippen MR) is 112 cm³/mol. The quantitative estimate of drug-likeness (QED) is 0.205. The summed E-state index contributed by atoms with van der Waals surface area (Å²) in [6, 6.07) is 0.408. The average molecular weight is 456 g/mol. The van der Waals surface area contributed by atoms with E-state index in [0.29, 0.717) is 19.0 Å². The van der Waals surface area contributed by atoms with Crippen molar-refractivity contribution in [3.05, 3.63) is 0 Å². The van der Waals surface area contributed by atoms with Crippen LogP contribution in [0.5, 0.6) is 0 Å². The monoisotopic (exact) mass is 456 g/mol. The predicted octanol–water partition coefficient (Wildman–Crippen LogP) is 2.75. The largest absolute Gasteiger partial charge is 0.357 e. The number of amides is 1. The van der Waals surface area contributed by atoms with Crippen molar-refractivity contribution in [3.8, 4) is 0 Å². The minimum atomic E-state index is 0. The third-order valence-corrected chi connectivity index (χ3v) is 4.43. The van der Waals surface area contributed by atoms with E-state index >= 15 is 0 Å². The van der Waals surface area contributed by atoms with Crippen LogP contribution < -0.4 is 16.0 Å². The number of nitrogens with zero attached hydrogens (tertiary/aromatic N) is 1. The molecule has 0 aliphatic heterocycles. The highest BCUT2D eigenvalue weighted by molar-refractivity contribution is 14.0. The fraction of sp³-hybridized carbons (Fsp3) is 0.875. The SMILES string of the molecule is CCNC(=NCCCCSC)NCCC(=O)NC1CCCC1.I. The zero-order chi connectivity index (χ0) is 16.0. The van der Waals surface area contributed by atoms with Gasteiger partial charge >= 0.3 is 0 Å². The summed E-state index contributed by atoms with van der Waals surface area (Å²) in [5.41, 5.74) is 0. The van der Waals surface area contributed by atoms with Crippen LogP contribution in [0, 0.1) is 0 Å². The van der Waals surface area contributed by atoms with Gasteiger partial charge in [-0.1, -0.05) is 12.8 Å². The van der Waals surface area contributed by atoms with E-state index in [0.717, 1.165) is 38.3 Å². The van der Waals surface area contributed by atoms with Gasteiger partial charge in [0.1, 0.15) is 0 Å². The third kappa shape index (κ3) is 11.9. The number of guanidine groups is 1. The number of rotatable bonds is 10. The first-order valence-corrected chi connectivity index (χ1v) is 9.96. The molecule has 0 saturated heterocycles. The molecule has 0 bridgehead atoms. The second-order valence-corrected chi connectivity index (χ2v) is 6.67. The lowest BCUT2D eigenvalue weighted by molar-refractivity contribution is -0.121. The highest BCUT2D eigenvalue weighted by Gasteiger charge is 2.16. The minimum Gasteiger partial charge on any atom is -0.357 e. The van der Waals surface area contributed by atoms with Crippen molar-refractivity contribution in [2.24, 2.45) is 4.99 Å². The molecule has 136 valence electrons. The van der Waals surface area contributed by atoms with Gasteiger partial charge in [-0.05, 0) is 44.6 Å². The molecule has 0 radical (unpaired) electrons. The fourth-order valence-electron chi connectivity index (χ4n) is 2.56. The first-order chi connectivity index (χ1) is 10.8. The first-order valence-electron chi connectivity index (χ1n) is 8.56. The number of nitrogens with one attached hydrogen (secondary N) is 3. The Morgan fingerprint density at radius 1 is 1.22 bits per heavy atom. The molecule has 0 aromatic rings. The van der Waals surface area contributed by atoms with Crippen LogP contribution in [0.4, 0.5) is 0 Å². The summed E-state index contributed by atoms with van der Waals surface area (Å²) >= 11 is 1.88. The van der Waals surface area contributed by atoms with E-state index in [-0.39, 0.29) is 29.9 Å². The summed E-state index contributed by atoms with van der Waals surface area (Å²) in [6.45, 7) is 4.36. The number of hydrogen-bond acceptors (Lipinski definition) is 3. The molecule has 5 nitrogen and oxygen atoms in total. The Hall–Kier alpha value is -0.180. The van der Waals surface area contributed by atoms with Crippen LogP contribution in [0.15, 0.2) is 4.99 Å². The van der Waals surface area contributed by atoms with E-state index in [2.05, 4.69) is 34.1 Å². The molecule has 0 heterocycles. The molecule has 3 N–H and O–H groups in total. The molecule has 0 aromatic heterocycles. The van der Waals surface area contributed by atoms with Crippen molar-refractivity contribution < 1.29 is 4.79 Å². The highest BCUT2D eigenvalue weighted by Crippen LogP contribution is 2.17. The van der Waals surface area contributed by atoms with Gasteiger partial charge in [0.05, 0.1) is 0 Å². The van der Waals surface area contributed by atoms with Crippen LogP contribution in [0.1, 0.15) is 51.9 Å². The van der Waals surface area contributed by atoms with E-state index in [1.807, 2.05) is 11.8 Å². The minimum absolute atomic E-state index is 0. The Bertz CT molecular complexity index is 336. The lowest BCUT2D eigenvalue weighted by Crippen LogP contribution is -2.40. The maximum atomic E-state index is 11.9. The van der Waals surface area contributed by atoms with E-state index in [9.17, 15) is 4.79 Å². The Labute approximate surface area is 162 Å². The van der Waals surface area contributed by atoms with E-state index in [1.165, 1.54) is 25.0 Å². The van der Waals surface area contributed by atoms with Crippen molar-refractivity contribution in [2.75, 3.05) is 31.6 Å². The summed E-state index contributed by atoms with van der Waals surface area (Å²) in [7, 11) is 0. The number of aliphatic imine (C=N–C) groups is 1. The standard InChI is InChI=1S/C16H32N4OS.HI/c1-3-17-16(18-11-6-7-13-22-2)19-12-10-15(21)20-14-8-4-5-9-14;/h14H,3-13H2,1-2H3,(H,20,21)(H2,17,18,19);1H. The summed E-state index contributed by atoms with van der Waals surface area (Å²) < 4.78 is 0. The Balaban J connectivity index is 0.00000484. The van der Waals surface area contributed by atoms with Crippen LogP contribution in [0.25, 0.3) is 0 Å². The van der Waals surface area contributed by atoms with Gasteiger partial charge in [-0.3, -0.25) is 9.79 Å². The Morgan fingerprint density at radius 2 is 1.96 bits per heavy atom. The number of halogens is 1. The number of carbonyl (C=O) groups is 1. The summed E-state index contributed by atoms with van der Waals surface area (Å²) in [6.07, 6.45) is 9.72. The number of hydrogen-bond donors (Lipinski definition) is 3. The lowest BCUT2D eigenvalue weighted by Gasteiger charge is -2.13. The smallest absolute Gasteiger partial charge is 0.221 e. The second kappa shape index (κ2) is 15.4. The van der Waals surface area contributed by atoms with Crippen molar-refractivity contribution in [2.45, 2.75) is 57.9 Å². The molecule has 0 spiro atoms. The fourth-order valence-corrected chi connectivity index (χ4v) is 3.05. The summed E-state index contributed by atoms with van der Waals surface area (Å²) in [5.74, 6) is 2.16. The van der Waals surface area contributed by atoms with Gasteiger partial charge in [0, 0.05) is 32.1 Å². The van der Waals surface area contributed by atoms with Crippen LogP contribution in [-0.4, -0.2) is 49.6 Å². The van der Waals surface area contributed by atoms with E-state index < -0.39 is 0 Å². The van der Waals surface area contributed by atoms with Gasteiger partial charge < -0.3 is 16.0 Å². The average Bonchev–Trinajstić information content (AvgIpc) is 2.99. The number of thioether (sulfide) groups is 1. The van der Waals surface area contributed by atoms with Gasteiger partial charge in [-0.15, -0.1) is 24.0 Å². The molecule has 1 fully saturated rings. The normalized spacial score (nSPS) is 15.1. The number of unbranched alkanes of at least 4 members (excludes halogenated alkanes) is 1. The molecule has 0 atom stereocenters. The molecule has 1 saturated carbocycles. The Kier molecular flexibility index (Phi) is 15.2. The van der Waals surface area contributed by atoms with Crippen molar-refractivity contribution in [1.29, 1.82) is 0 Å². The molecular formula is C16H33IN4OS. The maximum Gasteiger partial charge on any atom is 0.221 e. The van der Waals surface area contributed by atoms with Crippen molar-refractivity contribution in [3.63, 3.8) is 0 Å². The summed E-state index contributed by atoms with van der Waals surface area (Å²) in [4.78, 5) is 16.4. The van der Waals surface area contributed by atoms with Crippen LogP contribution in [-0.2, 0) is 4.79 Å². The zero-order valence-corrected chi connectivity index (χ0v) is 17.7. The molecule has 0 aromatic carbocycles. The van der Waals surface area contributed by atoms with E-state index in [1.54, 1.807) is 0 Å². The van der Waals surface area contributed by atoms with Gasteiger partial charge in [0.15, 0.2) is 5.96 Å². The molecule has 23 heavy (non-hydrogen) atoms. The molecule has 1 amide bonds. The van der Waals surface area contributed by atoms with Crippen LogP contribution in [0.2, 0.25) is 0 Å². The molecule has 1 aliphatic rings. The van der Waals surface area contributed by atoms with Crippen molar-refractivity contribution >= 4 is 47.6 Å². The number of carbonyl (C=O) groups excluding carboxylic acids is 1. The topological polar surface area (TPSA) is 65.5 Å². The molecule has 7 heteroatoms. The van der Waals surface area contributed by atoms with Gasteiger partial charge in [-0.25, -0.2) is 0 Å². The first kappa shape index (κ1) is 22.8. The van der Waals surface area contributed by atoms with Crippen molar-refractivity contribution in [1.82, 2.24) is 16.0 Å². The lowest BCUT2D eigenvalue weighted by atomic mass is 10.2. The highest BCUT2D eigenvalue weighted by atomic mass is 127. The van der Waals surface area contributed by atoms with Crippen LogP contribution >= 0.6 is 35.7 Å². The maximum absolute atomic E-state index is 11.9. The molecule has 1 aliphatic carbocycles. The van der Waals surface area contributed by atoms with Crippen LogP contribution in [0.3, 0.4) is 0 Å².